The van der Waals surface area contributed by atoms with E-state index < -0.39 is 23.8 Å². The number of alkyl halides is 2. The molecular formula is C20H11Cl2F3N4O. The van der Waals surface area contributed by atoms with Crippen molar-refractivity contribution in [2.45, 2.75) is 6.43 Å². The van der Waals surface area contributed by atoms with Gasteiger partial charge < -0.3 is 5.32 Å². The van der Waals surface area contributed by atoms with Crippen molar-refractivity contribution in [1.82, 2.24) is 14.6 Å². The third kappa shape index (κ3) is 3.71. The highest BCUT2D eigenvalue weighted by atomic mass is 35.5. The zero-order valence-corrected chi connectivity index (χ0v) is 16.4. The number of nitrogens with zero attached hydrogens (tertiary/aromatic N) is 3. The molecule has 2 aromatic heterocycles. The van der Waals surface area contributed by atoms with E-state index in [1.54, 1.807) is 18.2 Å². The fourth-order valence-electron chi connectivity index (χ4n) is 2.87. The van der Waals surface area contributed by atoms with Crippen LogP contribution < -0.4 is 5.32 Å². The number of rotatable bonds is 4. The van der Waals surface area contributed by atoms with Crippen molar-refractivity contribution >= 4 is 40.4 Å². The average molecular weight is 451 g/mol. The van der Waals surface area contributed by atoms with Gasteiger partial charge in [-0.3, -0.25) is 4.79 Å². The second-order valence-electron chi connectivity index (χ2n) is 6.22. The number of carbonyl (C=O) groups excluding carboxylic acids is 1. The normalized spacial score (nSPS) is 11.3. The molecule has 1 amide bonds. The standard InChI is InChI=1S/C20H11Cl2F3N4O/c21-13-2-1-3-14(22)17(13)28-20(30)12-9-26-29-16(18(24)25)8-15(27-19(12)29)10-4-6-11(23)7-5-10/h1-9,18H,(H,28,30). The zero-order chi connectivity index (χ0) is 21.4. The fraction of sp³-hybridized carbons (Fsp3) is 0.0500. The second-order valence-corrected chi connectivity index (χ2v) is 7.03. The van der Waals surface area contributed by atoms with Crippen LogP contribution in [-0.2, 0) is 0 Å². The van der Waals surface area contributed by atoms with Crippen LogP contribution in [0.3, 0.4) is 0 Å². The summed E-state index contributed by atoms with van der Waals surface area (Å²) in [5.41, 5.74) is 0.110. The first-order chi connectivity index (χ1) is 14.3. The Bertz CT molecular complexity index is 1240. The molecule has 0 aliphatic rings. The molecule has 0 fully saturated rings. The number of hydrogen-bond acceptors (Lipinski definition) is 3. The number of nitrogens with one attached hydrogen (secondary N) is 1. The Morgan fingerprint density at radius 2 is 1.73 bits per heavy atom. The minimum absolute atomic E-state index is 0.0585. The Morgan fingerprint density at radius 3 is 2.37 bits per heavy atom. The van der Waals surface area contributed by atoms with Crippen LogP contribution >= 0.6 is 23.2 Å². The third-order valence-corrected chi connectivity index (χ3v) is 4.94. The topological polar surface area (TPSA) is 59.3 Å². The van der Waals surface area contributed by atoms with Gasteiger partial charge in [-0.2, -0.15) is 5.10 Å². The predicted molar refractivity (Wildman–Crippen MR) is 108 cm³/mol. The number of aromatic nitrogens is 3. The molecule has 0 unspecified atom stereocenters. The Morgan fingerprint density at radius 1 is 1.07 bits per heavy atom. The largest absolute Gasteiger partial charge is 0.319 e. The quantitative estimate of drug-likeness (QED) is 0.412. The molecular weight excluding hydrogens is 440 g/mol. The molecule has 0 aliphatic carbocycles. The van der Waals surface area contributed by atoms with E-state index in [0.717, 1.165) is 16.8 Å². The van der Waals surface area contributed by atoms with Gasteiger partial charge in [0.2, 0.25) is 0 Å². The maximum Gasteiger partial charge on any atom is 0.280 e. The Hall–Kier alpha value is -3.10. The summed E-state index contributed by atoms with van der Waals surface area (Å²) in [5, 5.41) is 6.86. The molecule has 4 aromatic rings. The molecule has 0 aliphatic heterocycles. The van der Waals surface area contributed by atoms with Gasteiger partial charge in [-0.05, 0) is 42.5 Å². The summed E-state index contributed by atoms with van der Waals surface area (Å²) < 4.78 is 41.4. The van der Waals surface area contributed by atoms with Gasteiger partial charge in [0.05, 0.1) is 27.6 Å². The monoisotopic (exact) mass is 450 g/mol. The smallest absolute Gasteiger partial charge is 0.280 e. The Kier molecular flexibility index (Phi) is 5.36. The molecule has 0 radical (unpaired) electrons. The highest BCUT2D eigenvalue weighted by Gasteiger charge is 2.22. The van der Waals surface area contributed by atoms with Crippen molar-refractivity contribution in [3.63, 3.8) is 0 Å². The van der Waals surface area contributed by atoms with Gasteiger partial charge in [-0.25, -0.2) is 22.7 Å². The minimum Gasteiger partial charge on any atom is -0.319 e. The van der Waals surface area contributed by atoms with Gasteiger partial charge in [-0.15, -0.1) is 0 Å². The van der Waals surface area contributed by atoms with Crippen LogP contribution in [0.5, 0.6) is 0 Å². The number of anilines is 1. The van der Waals surface area contributed by atoms with Crippen molar-refractivity contribution in [2.75, 3.05) is 5.32 Å². The predicted octanol–water partition coefficient (Wildman–Crippen LogP) is 6.03. The highest BCUT2D eigenvalue weighted by Crippen LogP contribution is 2.31. The summed E-state index contributed by atoms with van der Waals surface area (Å²) in [6, 6.07) is 11.0. The van der Waals surface area contributed by atoms with Gasteiger partial charge in [-0.1, -0.05) is 29.3 Å². The highest BCUT2D eigenvalue weighted by molar-refractivity contribution is 6.40. The van der Waals surface area contributed by atoms with E-state index in [1.807, 2.05) is 0 Å². The van der Waals surface area contributed by atoms with Gasteiger partial charge in [0, 0.05) is 5.56 Å². The number of benzene rings is 2. The first kappa shape index (κ1) is 20.2. The van der Waals surface area contributed by atoms with Crippen LogP contribution in [0.15, 0.2) is 54.7 Å². The molecule has 152 valence electrons. The maximum absolute atomic E-state index is 13.6. The summed E-state index contributed by atoms with van der Waals surface area (Å²) >= 11 is 12.1. The lowest BCUT2D eigenvalue weighted by molar-refractivity contribution is 0.102. The van der Waals surface area contributed by atoms with Gasteiger partial charge >= 0.3 is 0 Å². The fourth-order valence-corrected chi connectivity index (χ4v) is 3.36. The third-order valence-electron chi connectivity index (χ3n) is 4.31. The van der Waals surface area contributed by atoms with Crippen molar-refractivity contribution in [2.24, 2.45) is 0 Å². The van der Waals surface area contributed by atoms with E-state index in [0.29, 0.717) is 5.56 Å². The SMILES string of the molecule is O=C(Nc1c(Cl)cccc1Cl)c1cnn2c(C(F)F)cc(-c3ccc(F)cc3)nc12. The van der Waals surface area contributed by atoms with Gasteiger partial charge in [0.15, 0.2) is 5.65 Å². The average Bonchev–Trinajstić information content (AvgIpc) is 3.14. The van der Waals surface area contributed by atoms with Gasteiger partial charge in [0.25, 0.3) is 12.3 Å². The molecule has 0 saturated carbocycles. The van der Waals surface area contributed by atoms with E-state index in [4.69, 9.17) is 23.2 Å². The lowest BCUT2D eigenvalue weighted by atomic mass is 10.1. The van der Waals surface area contributed by atoms with E-state index in [1.165, 1.54) is 24.3 Å². The van der Waals surface area contributed by atoms with Gasteiger partial charge in [0.1, 0.15) is 17.1 Å². The summed E-state index contributed by atoms with van der Waals surface area (Å²) in [5.74, 6) is -1.15. The van der Waals surface area contributed by atoms with Crippen LogP contribution in [0.4, 0.5) is 18.9 Å². The van der Waals surface area contributed by atoms with Crippen LogP contribution in [0, 0.1) is 5.82 Å². The lowest BCUT2D eigenvalue weighted by Gasteiger charge is -2.10. The number of halogens is 5. The van der Waals surface area contributed by atoms with E-state index in [9.17, 15) is 18.0 Å². The second kappa shape index (κ2) is 7.97. The first-order valence-electron chi connectivity index (χ1n) is 8.53. The minimum atomic E-state index is -2.89. The molecule has 2 heterocycles. The Labute approximate surface area is 178 Å². The summed E-state index contributed by atoms with van der Waals surface area (Å²) in [7, 11) is 0. The van der Waals surface area contributed by atoms with E-state index in [-0.39, 0.29) is 32.6 Å². The van der Waals surface area contributed by atoms with Crippen LogP contribution in [0.25, 0.3) is 16.9 Å². The Balaban J connectivity index is 1.83. The van der Waals surface area contributed by atoms with E-state index >= 15 is 0 Å². The van der Waals surface area contributed by atoms with Crippen molar-refractivity contribution in [3.05, 3.63) is 81.8 Å². The van der Waals surface area contributed by atoms with Crippen LogP contribution in [0.2, 0.25) is 10.0 Å². The molecule has 10 heteroatoms. The number of fused-ring (bicyclic) bond motifs is 1. The van der Waals surface area contributed by atoms with Crippen LogP contribution in [0.1, 0.15) is 22.5 Å². The summed E-state index contributed by atoms with van der Waals surface area (Å²) in [6.07, 6.45) is -1.76. The molecule has 5 nitrogen and oxygen atoms in total. The number of para-hydroxylation sites is 1. The molecule has 2 aromatic carbocycles. The number of carbonyl (C=O) groups is 1. The molecule has 0 atom stereocenters. The lowest BCUT2D eigenvalue weighted by Crippen LogP contribution is -2.13. The first-order valence-corrected chi connectivity index (χ1v) is 9.29. The van der Waals surface area contributed by atoms with E-state index in [2.05, 4.69) is 15.4 Å². The molecule has 1 N–H and O–H groups in total. The molecule has 0 spiro atoms. The van der Waals surface area contributed by atoms with Crippen molar-refractivity contribution < 1.29 is 18.0 Å². The van der Waals surface area contributed by atoms with Crippen molar-refractivity contribution in [1.29, 1.82) is 0 Å². The van der Waals surface area contributed by atoms with Crippen LogP contribution in [-0.4, -0.2) is 20.5 Å². The molecule has 30 heavy (non-hydrogen) atoms. The van der Waals surface area contributed by atoms with Crippen molar-refractivity contribution in [3.8, 4) is 11.3 Å². The molecule has 0 bridgehead atoms. The molecule has 4 rings (SSSR count). The summed E-state index contributed by atoms with van der Waals surface area (Å²) in [4.78, 5) is 17.1. The zero-order valence-electron chi connectivity index (χ0n) is 14.9. The molecule has 0 saturated heterocycles. The summed E-state index contributed by atoms with van der Waals surface area (Å²) in [6.45, 7) is 0. The number of hydrogen-bond donors (Lipinski definition) is 1. The number of amides is 1. The maximum atomic E-state index is 13.6.